The first-order valence-corrected chi connectivity index (χ1v) is 10.5. The van der Waals surface area contributed by atoms with Crippen LogP contribution in [0.25, 0.3) is 10.9 Å². The number of rotatable bonds is 5. The number of hydrogen-bond donors (Lipinski definition) is 1. The Balaban J connectivity index is 1.40. The van der Waals surface area contributed by atoms with E-state index in [2.05, 4.69) is 54.4 Å². The lowest BCUT2D eigenvalue weighted by atomic mass is 10.1. The summed E-state index contributed by atoms with van der Waals surface area (Å²) in [4.78, 5) is 12.0. The molecule has 1 aliphatic heterocycles. The van der Waals surface area contributed by atoms with Gasteiger partial charge in [-0.1, -0.05) is 24.3 Å². The normalized spacial score (nSPS) is 17.3. The predicted molar refractivity (Wildman–Crippen MR) is 119 cm³/mol. The van der Waals surface area contributed by atoms with Crippen molar-refractivity contribution in [3.63, 3.8) is 0 Å². The van der Waals surface area contributed by atoms with Gasteiger partial charge in [0.25, 0.3) is 0 Å². The van der Waals surface area contributed by atoms with E-state index >= 15 is 0 Å². The zero-order valence-corrected chi connectivity index (χ0v) is 17.6. The molecule has 1 N–H and O–H groups in total. The first kappa shape index (κ1) is 19.6. The van der Waals surface area contributed by atoms with E-state index in [1.54, 1.807) is 7.11 Å². The summed E-state index contributed by atoms with van der Waals surface area (Å²) in [5, 5.41) is 4.87. The van der Waals surface area contributed by atoms with Crippen molar-refractivity contribution in [2.75, 3.05) is 25.1 Å². The molecule has 152 valence electrons. The fourth-order valence-electron chi connectivity index (χ4n) is 4.03. The van der Waals surface area contributed by atoms with Gasteiger partial charge in [-0.2, -0.15) is 0 Å². The molecule has 0 spiro atoms. The molecule has 3 aromatic rings. The molecule has 0 bridgehead atoms. The number of aryl methyl sites for hydroxylation is 2. The summed E-state index contributed by atoms with van der Waals surface area (Å²) in [6.07, 6.45) is 3.43. The molecule has 2 heterocycles. The van der Waals surface area contributed by atoms with Gasteiger partial charge >= 0.3 is 0 Å². The van der Waals surface area contributed by atoms with Gasteiger partial charge in [0.15, 0.2) is 0 Å². The van der Waals surface area contributed by atoms with E-state index in [1.165, 1.54) is 17.5 Å². The van der Waals surface area contributed by atoms with Crippen molar-refractivity contribution < 1.29 is 4.74 Å². The third-order valence-corrected chi connectivity index (χ3v) is 5.80. The van der Waals surface area contributed by atoms with Crippen molar-refractivity contribution >= 4 is 16.9 Å². The summed E-state index contributed by atoms with van der Waals surface area (Å²) < 4.78 is 5.24. The maximum Gasteiger partial charge on any atom is 0.226 e. The van der Waals surface area contributed by atoms with Crippen LogP contribution in [0.3, 0.4) is 0 Å². The minimum Gasteiger partial charge on any atom is -0.497 e. The van der Waals surface area contributed by atoms with Crippen LogP contribution in [-0.4, -0.2) is 36.2 Å². The Morgan fingerprint density at radius 1 is 1.03 bits per heavy atom. The SMILES string of the molecule is COc1ccc(CNC2CCCN(c3nc(C)c4ccc(C)cc4n3)CC2)cc1. The standard InChI is InChI=1S/C24H30N4O/c1-17-6-11-22-18(2)26-24(27-23(22)15-17)28-13-4-5-20(12-14-28)25-16-19-7-9-21(29-3)10-8-19/h6-11,15,20,25H,4-5,12-14,16H2,1-3H3. The lowest BCUT2D eigenvalue weighted by molar-refractivity contribution is 0.414. The summed E-state index contributed by atoms with van der Waals surface area (Å²) in [6, 6.07) is 15.2. The smallest absolute Gasteiger partial charge is 0.226 e. The van der Waals surface area contributed by atoms with Crippen LogP contribution < -0.4 is 15.0 Å². The summed E-state index contributed by atoms with van der Waals surface area (Å²) >= 11 is 0. The number of aromatic nitrogens is 2. The van der Waals surface area contributed by atoms with Gasteiger partial charge in [0.1, 0.15) is 5.75 Å². The molecular weight excluding hydrogens is 360 g/mol. The molecular formula is C24H30N4O. The molecule has 0 radical (unpaired) electrons. The van der Waals surface area contributed by atoms with Gasteiger partial charge < -0.3 is 15.0 Å². The van der Waals surface area contributed by atoms with Crippen LogP contribution in [0.4, 0.5) is 5.95 Å². The van der Waals surface area contributed by atoms with Crippen molar-refractivity contribution in [2.24, 2.45) is 0 Å². The lowest BCUT2D eigenvalue weighted by Crippen LogP contribution is -2.31. The number of ether oxygens (including phenoxy) is 1. The molecule has 4 rings (SSSR count). The third-order valence-electron chi connectivity index (χ3n) is 5.80. The first-order chi connectivity index (χ1) is 14.1. The second-order valence-corrected chi connectivity index (χ2v) is 7.97. The van der Waals surface area contributed by atoms with E-state index in [0.29, 0.717) is 6.04 Å². The molecule has 5 nitrogen and oxygen atoms in total. The van der Waals surface area contributed by atoms with E-state index < -0.39 is 0 Å². The van der Waals surface area contributed by atoms with E-state index in [1.807, 2.05) is 12.1 Å². The van der Waals surface area contributed by atoms with Crippen LogP contribution in [0.2, 0.25) is 0 Å². The molecule has 1 atom stereocenters. The topological polar surface area (TPSA) is 50.3 Å². The Morgan fingerprint density at radius 2 is 1.86 bits per heavy atom. The second kappa shape index (κ2) is 8.78. The number of hydrogen-bond acceptors (Lipinski definition) is 5. The highest BCUT2D eigenvalue weighted by atomic mass is 16.5. The van der Waals surface area contributed by atoms with Gasteiger partial charge in [-0.05, 0) is 62.4 Å². The summed E-state index contributed by atoms with van der Waals surface area (Å²) in [5.41, 5.74) is 4.63. The van der Waals surface area contributed by atoms with Crippen LogP contribution in [-0.2, 0) is 6.54 Å². The Bertz CT molecular complexity index is 971. The molecule has 0 amide bonds. The zero-order valence-electron chi connectivity index (χ0n) is 17.6. The molecule has 0 aliphatic carbocycles. The van der Waals surface area contributed by atoms with E-state index in [0.717, 1.165) is 60.8 Å². The van der Waals surface area contributed by atoms with Crippen molar-refractivity contribution in [1.82, 2.24) is 15.3 Å². The molecule has 1 aromatic heterocycles. The van der Waals surface area contributed by atoms with Gasteiger partial charge in [0.05, 0.1) is 18.3 Å². The highest BCUT2D eigenvalue weighted by Crippen LogP contribution is 2.23. The van der Waals surface area contributed by atoms with Gasteiger partial charge in [-0.3, -0.25) is 0 Å². The summed E-state index contributed by atoms with van der Waals surface area (Å²) in [5.74, 6) is 1.77. The number of nitrogens with zero attached hydrogens (tertiary/aromatic N) is 3. The third kappa shape index (κ3) is 4.67. The molecule has 2 aromatic carbocycles. The number of nitrogens with one attached hydrogen (secondary N) is 1. The van der Waals surface area contributed by atoms with Crippen LogP contribution in [0.1, 0.15) is 36.1 Å². The van der Waals surface area contributed by atoms with Gasteiger partial charge in [-0.15, -0.1) is 0 Å². The lowest BCUT2D eigenvalue weighted by Gasteiger charge is -2.22. The van der Waals surface area contributed by atoms with E-state index in [-0.39, 0.29) is 0 Å². The van der Waals surface area contributed by atoms with Crippen LogP contribution in [0.15, 0.2) is 42.5 Å². The van der Waals surface area contributed by atoms with Crippen LogP contribution in [0.5, 0.6) is 5.75 Å². The maximum absolute atomic E-state index is 5.24. The fraction of sp³-hybridized carbons (Fsp3) is 0.417. The minimum atomic E-state index is 0.519. The van der Waals surface area contributed by atoms with E-state index in [9.17, 15) is 0 Å². The summed E-state index contributed by atoms with van der Waals surface area (Å²) in [7, 11) is 1.70. The average Bonchev–Trinajstić information content (AvgIpc) is 2.98. The Morgan fingerprint density at radius 3 is 2.66 bits per heavy atom. The molecule has 1 fully saturated rings. The largest absolute Gasteiger partial charge is 0.497 e. The van der Waals surface area contributed by atoms with Crippen LogP contribution >= 0.6 is 0 Å². The van der Waals surface area contributed by atoms with Gasteiger partial charge in [0.2, 0.25) is 5.95 Å². The van der Waals surface area contributed by atoms with Crippen molar-refractivity contribution in [3.8, 4) is 5.75 Å². The molecule has 0 saturated carbocycles. The zero-order chi connectivity index (χ0) is 20.2. The first-order valence-electron chi connectivity index (χ1n) is 10.5. The number of fused-ring (bicyclic) bond motifs is 1. The van der Waals surface area contributed by atoms with Crippen molar-refractivity contribution in [2.45, 2.75) is 45.7 Å². The highest BCUT2D eigenvalue weighted by molar-refractivity contribution is 5.82. The highest BCUT2D eigenvalue weighted by Gasteiger charge is 2.19. The Hall–Kier alpha value is -2.66. The second-order valence-electron chi connectivity index (χ2n) is 7.97. The van der Waals surface area contributed by atoms with Crippen LogP contribution in [0, 0.1) is 13.8 Å². The van der Waals surface area contributed by atoms with Gasteiger partial charge in [0, 0.05) is 31.1 Å². The molecule has 1 saturated heterocycles. The molecule has 1 unspecified atom stereocenters. The van der Waals surface area contributed by atoms with E-state index in [4.69, 9.17) is 14.7 Å². The Kier molecular flexibility index (Phi) is 5.95. The maximum atomic E-state index is 5.24. The quantitative estimate of drug-likeness (QED) is 0.700. The summed E-state index contributed by atoms with van der Waals surface area (Å²) in [6.45, 7) is 7.08. The van der Waals surface area contributed by atoms with Gasteiger partial charge in [-0.25, -0.2) is 9.97 Å². The average molecular weight is 391 g/mol. The Labute approximate surface area is 173 Å². The number of methoxy groups -OCH3 is 1. The fourth-order valence-corrected chi connectivity index (χ4v) is 4.03. The predicted octanol–water partition coefficient (Wildman–Crippen LogP) is 4.40. The van der Waals surface area contributed by atoms with Crippen molar-refractivity contribution in [3.05, 3.63) is 59.3 Å². The minimum absolute atomic E-state index is 0.519. The molecule has 29 heavy (non-hydrogen) atoms. The molecule has 1 aliphatic rings. The number of anilines is 1. The number of benzene rings is 2. The molecule has 5 heteroatoms. The van der Waals surface area contributed by atoms with Crippen molar-refractivity contribution in [1.29, 1.82) is 0 Å². The monoisotopic (exact) mass is 390 g/mol.